The molecule has 25 heavy (non-hydrogen) atoms. The SMILES string of the molecule is OC[C@H]1O[C@](c2ccco2)(C2OCC(O)(CO)[C@H]2O)[C@@H](O)[C@@H](O)[C@H]1O. The van der Waals surface area contributed by atoms with Gasteiger partial charge in [-0.25, -0.2) is 0 Å². The Bertz CT molecular complexity index is 577. The van der Waals surface area contributed by atoms with Crippen molar-refractivity contribution in [2.24, 2.45) is 0 Å². The summed E-state index contributed by atoms with van der Waals surface area (Å²) >= 11 is 0. The summed E-state index contributed by atoms with van der Waals surface area (Å²) < 4.78 is 16.4. The van der Waals surface area contributed by atoms with Crippen LogP contribution in [-0.2, 0) is 15.1 Å². The number of ether oxygens (including phenoxy) is 2. The maximum Gasteiger partial charge on any atom is 0.183 e. The zero-order valence-electron chi connectivity index (χ0n) is 13.2. The van der Waals surface area contributed by atoms with Crippen LogP contribution in [0.25, 0.3) is 0 Å². The summed E-state index contributed by atoms with van der Waals surface area (Å²) in [6.07, 6.45) is -8.40. The minimum Gasteiger partial charge on any atom is -0.466 e. The molecule has 10 nitrogen and oxygen atoms in total. The first-order chi connectivity index (χ1) is 11.8. The molecule has 3 rings (SSSR count). The molecule has 2 saturated heterocycles. The second-order valence-electron chi connectivity index (χ2n) is 6.47. The lowest BCUT2D eigenvalue weighted by Crippen LogP contribution is -2.69. The predicted octanol–water partition coefficient (Wildman–Crippen LogP) is -3.57. The third-order valence-corrected chi connectivity index (χ3v) is 4.97. The number of hydrogen-bond donors (Lipinski definition) is 7. The van der Waals surface area contributed by atoms with Crippen LogP contribution < -0.4 is 0 Å². The van der Waals surface area contributed by atoms with E-state index in [0.29, 0.717) is 0 Å². The van der Waals surface area contributed by atoms with Gasteiger partial charge >= 0.3 is 0 Å². The smallest absolute Gasteiger partial charge is 0.183 e. The third-order valence-electron chi connectivity index (χ3n) is 4.97. The number of aliphatic hydroxyl groups is 7. The molecule has 2 unspecified atom stereocenters. The van der Waals surface area contributed by atoms with E-state index in [1.807, 2.05) is 0 Å². The van der Waals surface area contributed by atoms with Gasteiger partial charge in [-0.05, 0) is 12.1 Å². The van der Waals surface area contributed by atoms with E-state index in [0.717, 1.165) is 0 Å². The number of rotatable bonds is 4. The molecule has 1 aromatic rings. The fourth-order valence-corrected chi connectivity index (χ4v) is 3.47. The molecule has 3 heterocycles. The maximum atomic E-state index is 10.7. The van der Waals surface area contributed by atoms with Crippen LogP contribution in [0.5, 0.6) is 0 Å². The molecule has 2 fully saturated rings. The number of furan rings is 1. The average Bonchev–Trinajstić information content (AvgIpc) is 3.25. The minimum atomic E-state index is -2.03. The van der Waals surface area contributed by atoms with Crippen LogP contribution in [0.1, 0.15) is 5.76 Å². The molecular weight excluding hydrogens is 340 g/mol. The first-order valence-electron chi connectivity index (χ1n) is 7.81. The fraction of sp³-hybridized carbons (Fsp3) is 0.733. The van der Waals surface area contributed by atoms with Crippen LogP contribution in [0.2, 0.25) is 0 Å². The Hall–Kier alpha value is -1.08. The van der Waals surface area contributed by atoms with Crippen molar-refractivity contribution in [1.29, 1.82) is 0 Å². The summed E-state index contributed by atoms with van der Waals surface area (Å²) in [5, 5.41) is 70.4. The van der Waals surface area contributed by atoms with Gasteiger partial charge in [-0.3, -0.25) is 0 Å². The van der Waals surface area contributed by atoms with E-state index in [2.05, 4.69) is 0 Å². The van der Waals surface area contributed by atoms with Crippen LogP contribution >= 0.6 is 0 Å². The van der Waals surface area contributed by atoms with Gasteiger partial charge in [0.05, 0.1) is 26.1 Å². The van der Waals surface area contributed by atoms with Crippen LogP contribution in [0.15, 0.2) is 22.8 Å². The Labute approximate surface area is 142 Å². The van der Waals surface area contributed by atoms with Gasteiger partial charge < -0.3 is 49.6 Å². The monoisotopic (exact) mass is 362 g/mol. The zero-order chi connectivity index (χ0) is 18.4. The van der Waals surface area contributed by atoms with E-state index in [1.165, 1.54) is 18.4 Å². The second kappa shape index (κ2) is 6.58. The van der Waals surface area contributed by atoms with Crippen LogP contribution in [0.4, 0.5) is 0 Å². The molecular formula is C15H22O10. The molecule has 0 aromatic carbocycles. The lowest BCUT2D eigenvalue weighted by Gasteiger charge is -2.50. The summed E-state index contributed by atoms with van der Waals surface area (Å²) in [5.74, 6) is -0.0457. The van der Waals surface area contributed by atoms with Crippen LogP contribution in [-0.4, -0.2) is 97.8 Å². The summed E-state index contributed by atoms with van der Waals surface area (Å²) in [4.78, 5) is 0. The van der Waals surface area contributed by atoms with Crippen molar-refractivity contribution in [1.82, 2.24) is 0 Å². The topological polar surface area (TPSA) is 173 Å². The predicted molar refractivity (Wildman–Crippen MR) is 78.1 cm³/mol. The van der Waals surface area contributed by atoms with E-state index in [4.69, 9.17) is 13.9 Å². The lowest BCUT2D eigenvalue weighted by molar-refractivity contribution is -0.318. The van der Waals surface area contributed by atoms with Crippen molar-refractivity contribution in [3.05, 3.63) is 24.2 Å². The van der Waals surface area contributed by atoms with Gasteiger partial charge in [0.1, 0.15) is 48.0 Å². The highest BCUT2D eigenvalue weighted by atomic mass is 16.6. The molecule has 8 atom stereocenters. The van der Waals surface area contributed by atoms with Gasteiger partial charge in [-0.2, -0.15) is 0 Å². The molecule has 2 aliphatic rings. The van der Waals surface area contributed by atoms with Crippen LogP contribution in [0.3, 0.4) is 0 Å². The molecule has 0 bridgehead atoms. The normalized spacial score (nSPS) is 48.0. The maximum absolute atomic E-state index is 10.7. The highest BCUT2D eigenvalue weighted by Gasteiger charge is 2.66. The Kier molecular flexibility index (Phi) is 4.92. The molecule has 0 aliphatic carbocycles. The van der Waals surface area contributed by atoms with Gasteiger partial charge in [0.25, 0.3) is 0 Å². The summed E-state index contributed by atoms with van der Waals surface area (Å²) in [6.45, 7) is -1.97. The molecule has 0 amide bonds. The van der Waals surface area contributed by atoms with E-state index >= 15 is 0 Å². The van der Waals surface area contributed by atoms with Crippen molar-refractivity contribution < 1.29 is 49.6 Å². The molecule has 0 saturated carbocycles. The molecule has 142 valence electrons. The fourth-order valence-electron chi connectivity index (χ4n) is 3.47. The molecule has 0 radical (unpaired) electrons. The third kappa shape index (κ3) is 2.62. The number of aliphatic hydroxyl groups excluding tert-OH is 6. The van der Waals surface area contributed by atoms with Gasteiger partial charge in [-0.15, -0.1) is 0 Å². The van der Waals surface area contributed by atoms with Gasteiger partial charge in [0.15, 0.2) is 5.60 Å². The lowest BCUT2D eigenvalue weighted by atomic mass is 9.76. The molecule has 7 N–H and O–H groups in total. The summed E-state index contributed by atoms with van der Waals surface area (Å²) in [6, 6.07) is 2.87. The highest BCUT2D eigenvalue weighted by Crippen LogP contribution is 2.47. The second-order valence-corrected chi connectivity index (χ2v) is 6.47. The molecule has 2 aliphatic heterocycles. The largest absolute Gasteiger partial charge is 0.466 e. The Balaban J connectivity index is 2.09. The Morgan fingerprint density at radius 1 is 1.08 bits per heavy atom. The van der Waals surface area contributed by atoms with E-state index in [9.17, 15) is 35.7 Å². The first kappa shape index (κ1) is 18.7. The quantitative estimate of drug-likeness (QED) is 0.284. The summed E-state index contributed by atoms with van der Waals surface area (Å²) in [5.41, 5.74) is -4.04. The van der Waals surface area contributed by atoms with Crippen molar-refractivity contribution in [3.63, 3.8) is 0 Å². The highest BCUT2D eigenvalue weighted by molar-refractivity contribution is 5.23. The standard InChI is InChI=1S/C15H22O10/c16-4-7-9(18)10(19)11(20)15(25-7,8-2-1-3-23-8)13-12(21)14(22,5-17)6-24-13/h1-3,7,9-13,16-22H,4-6H2/t7-,9+,10+,11+,12+,13?,14?,15+/m1/s1. The van der Waals surface area contributed by atoms with Crippen molar-refractivity contribution in [2.75, 3.05) is 19.8 Å². The zero-order valence-corrected chi connectivity index (χ0v) is 13.2. The Morgan fingerprint density at radius 2 is 1.80 bits per heavy atom. The molecule has 10 heteroatoms. The summed E-state index contributed by atoms with van der Waals surface area (Å²) in [7, 11) is 0. The van der Waals surface area contributed by atoms with E-state index < -0.39 is 67.6 Å². The minimum absolute atomic E-state index is 0.0457. The molecule has 1 aromatic heterocycles. The van der Waals surface area contributed by atoms with Crippen molar-refractivity contribution >= 4 is 0 Å². The van der Waals surface area contributed by atoms with Gasteiger partial charge in [-0.1, -0.05) is 0 Å². The van der Waals surface area contributed by atoms with Gasteiger partial charge in [0, 0.05) is 0 Å². The van der Waals surface area contributed by atoms with Crippen molar-refractivity contribution in [3.8, 4) is 0 Å². The van der Waals surface area contributed by atoms with Gasteiger partial charge in [0.2, 0.25) is 0 Å². The van der Waals surface area contributed by atoms with E-state index in [-0.39, 0.29) is 5.76 Å². The van der Waals surface area contributed by atoms with Crippen LogP contribution in [0, 0.1) is 0 Å². The average molecular weight is 362 g/mol. The van der Waals surface area contributed by atoms with E-state index in [1.54, 1.807) is 0 Å². The Morgan fingerprint density at radius 3 is 2.32 bits per heavy atom. The number of hydrogen-bond acceptors (Lipinski definition) is 10. The van der Waals surface area contributed by atoms with Crippen molar-refractivity contribution in [2.45, 2.75) is 47.8 Å². The first-order valence-corrected chi connectivity index (χ1v) is 7.81. The molecule has 0 spiro atoms.